The van der Waals surface area contributed by atoms with Crippen molar-refractivity contribution in [3.63, 3.8) is 0 Å². The Balaban J connectivity index is 2.06. The molecular formula is C9H8O3S4. The van der Waals surface area contributed by atoms with Gasteiger partial charge in [0, 0.05) is 12.0 Å². The van der Waals surface area contributed by atoms with E-state index < -0.39 is 12.1 Å². The van der Waals surface area contributed by atoms with Crippen LogP contribution in [0.2, 0.25) is 0 Å². The van der Waals surface area contributed by atoms with Crippen LogP contribution in [0.1, 0.15) is 0 Å². The van der Waals surface area contributed by atoms with E-state index in [0.717, 1.165) is 9.14 Å². The zero-order valence-electron chi connectivity index (χ0n) is 8.21. The van der Waals surface area contributed by atoms with Crippen molar-refractivity contribution >= 4 is 53.0 Å². The van der Waals surface area contributed by atoms with Crippen molar-refractivity contribution in [2.75, 3.05) is 7.11 Å². The third kappa shape index (κ3) is 2.65. The Morgan fingerprint density at radius 2 is 2.00 bits per heavy atom. The minimum atomic E-state index is -0.946. The van der Waals surface area contributed by atoms with Gasteiger partial charge in [-0.05, 0) is 16.2 Å². The summed E-state index contributed by atoms with van der Waals surface area (Å²) in [6.07, 6.45) is -0.847. The topological polar surface area (TPSA) is 46.5 Å². The maximum Gasteiger partial charge on any atom is 0.338 e. The van der Waals surface area contributed by atoms with Crippen molar-refractivity contribution in [1.82, 2.24) is 0 Å². The van der Waals surface area contributed by atoms with Crippen molar-refractivity contribution in [3.05, 3.63) is 29.6 Å². The molecule has 0 aromatic rings. The molecule has 0 bridgehead atoms. The highest BCUT2D eigenvalue weighted by Gasteiger charge is 2.28. The standard InChI is InChI=1S/C9H8O3S4/c1-12-6(7(10)11)5-4-15-9(16-5)8-13-2-3-14-8/h2-4,6H,1H3,(H,10,11). The van der Waals surface area contributed by atoms with Crippen molar-refractivity contribution in [3.8, 4) is 0 Å². The van der Waals surface area contributed by atoms with E-state index in [9.17, 15) is 4.79 Å². The number of carboxylic acids is 1. The van der Waals surface area contributed by atoms with Gasteiger partial charge in [-0.25, -0.2) is 4.79 Å². The molecule has 0 fully saturated rings. The van der Waals surface area contributed by atoms with Crippen molar-refractivity contribution < 1.29 is 14.6 Å². The normalized spacial score (nSPS) is 21.4. The van der Waals surface area contributed by atoms with E-state index in [2.05, 4.69) is 0 Å². The maximum atomic E-state index is 10.9. The summed E-state index contributed by atoms with van der Waals surface area (Å²) in [5.41, 5.74) is 0. The number of methoxy groups -OCH3 is 1. The van der Waals surface area contributed by atoms with E-state index in [1.54, 1.807) is 35.3 Å². The molecule has 86 valence electrons. The van der Waals surface area contributed by atoms with Crippen LogP contribution in [0.3, 0.4) is 0 Å². The predicted octanol–water partition coefficient (Wildman–Crippen LogP) is 3.49. The maximum absolute atomic E-state index is 10.9. The molecule has 7 heteroatoms. The minimum absolute atomic E-state index is 0.746. The molecule has 2 aliphatic heterocycles. The highest BCUT2D eigenvalue weighted by molar-refractivity contribution is 8.33. The van der Waals surface area contributed by atoms with Crippen LogP contribution < -0.4 is 0 Å². The summed E-state index contributed by atoms with van der Waals surface area (Å²) in [7, 11) is 1.41. The third-order valence-electron chi connectivity index (χ3n) is 1.78. The van der Waals surface area contributed by atoms with E-state index in [0.29, 0.717) is 0 Å². The molecule has 0 saturated heterocycles. The molecule has 1 unspecified atom stereocenters. The second-order valence-electron chi connectivity index (χ2n) is 2.78. The Hall–Kier alpha value is 0.0500. The summed E-state index contributed by atoms with van der Waals surface area (Å²) in [6.45, 7) is 0. The number of hydrogen-bond acceptors (Lipinski definition) is 6. The fourth-order valence-electron chi connectivity index (χ4n) is 1.11. The first kappa shape index (κ1) is 12.5. The number of aliphatic carboxylic acids is 1. The Morgan fingerprint density at radius 1 is 1.31 bits per heavy atom. The number of thioether (sulfide) groups is 4. The molecule has 1 N–H and O–H groups in total. The van der Waals surface area contributed by atoms with Gasteiger partial charge < -0.3 is 9.84 Å². The van der Waals surface area contributed by atoms with Crippen molar-refractivity contribution in [2.24, 2.45) is 0 Å². The minimum Gasteiger partial charge on any atom is -0.479 e. The van der Waals surface area contributed by atoms with Crippen LogP contribution >= 0.6 is 47.0 Å². The number of ether oxygens (including phenoxy) is 1. The molecule has 2 aliphatic rings. The van der Waals surface area contributed by atoms with Gasteiger partial charge in [0.15, 0.2) is 6.10 Å². The van der Waals surface area contributed by atoms with Gasteiger partial charge in [0.2, 0.25) is 0 Å². The van der Waals surface area contributed by atoms with Crippen LogP contribution in [0.15, 0.2) is 29.6 Å². The molecule has 1 atom stereocenters. The van der Waals surface area contributed by atoms with Gasteiger partial charge in [-0.2, -0.15) is 0 Å². The monoisotopic (exact) mass is 292 g/mol. The zero-order chi connectivity index (χ0) is 11.5. The van der Waals surface area contributed by atoms with Gasteiger partial charge in [0.1, 0.15) is 0 Å². The van der Waals surface area contributed by atoms with Gasteiger partial charge in [-0.3, -0.25) is 0 Å². The second-order valence-corrected chi connectivity index (χ2v) is 7.09. The Kier molecular flexibility index (Phi) is 4.37. The molecule has 16 heavy (non-hydrogen) atoms. The first-order valence-electron chi connectivity index (χ1n) is 4.25. The largest absolute Gasteiger partial charge is 0.479 e. The molecular weight excluding hydrogens is 284 g/mol. The summed E-state index contributed by atoms with van der Waals surface area (Å²) < 4.78 is 7.30. The summed E-state index contributed by atoms with van der Waals surface area (Å²) in [5.74, 6) is -0.946. The van der Waals surface area contributed by atoms with Crippen LogP contribution in [-0.4, -0.2) is 24.3 Å². The molecule has 0 radical (unpaired) electrons. The van der Waals surface area contributed by atoms with Crippen LogP contribution in [0, 0.1) is 0 Å². The van der Waals surface area contributed by atoms with Gasteiger partial charge in [-0.1, -0.05) is 47.0 Å². The molecule has 0 aromatic carbocycles. The van der Waals surface area contributed by atoms with Crippen LogP contribution in [0.4, 0.5) is 0 Å². The lowest BCUT2D eigenvalue weighted by molar-refractivity contribution is -0.145. The molecule has 0 saturated carbocycles. The van der Waals surface area contributed by atoms with Crippen LogP contribution in [0.25, 0.3) is 0 Å². The summed E-state index contributed by atoms with van der Waals surface area (Å²) in [4.78, 5) is 11.7. The molecule has 0 aromatic heterocycles. The molecule has 0 spiro atoms. The first-order chi connectivity index (χ1) is 7.72. The average Bonchev–Trinajstić information content (AvgIpc) is 2.86. The molecule has 2 heterocycles. The summed E-state index contributed by atoms with van der Waals surface area (Å²) in [6, 6.07) is 0. The number of rotatable bonds is 3. The van der Waals surface area contributed by atoms with Gasteiger partial charge in [-0.15, -0.1) is 0 Å². The highest BCUT2D eigenvalue weighted by atomic mass is 32.2. The molecule has 2 rings (SSSR count). The van der Waals surface area contributed by atoms with Gasteiger partial charge in [0.05, 0.1) is 8.47 Å². The number of carboxylic acid groups (broad SMARTS) is 1. The van der Waals surface area contributed by atoms with E-state index in [4.69, 9.17) is 9.84 Å². The lowest BCUT2D eigenvalue weighted by Gasteiger charge is -2.10. The average molecular weight is 292 g/mol. The lowest BCUT2D eigenvalue weighted by atomic mass is 10.3. The smallest absolute Gasteiger partial charge is 0.338 e. The van der Waals surface area contributed by atoms with E-state index in [-0.39, 0.29) is 0 Å². The highest BCUT2D eigenvalue weighted by Crippen LogP contribution is 2.53. The molecule has 0 amide bonds. The predicted molar refractivity (Wildman–Crippen MR) is 73.0 cm³/mol. The van der Waals surface area contributed by atoms with E-state index >= 15 is 0 Å². The second kappa shape index (κ2) is 5.59. The molecule has 0 aliphatic carbocycles. The Bertz CT molecular complexity index is 390. The first-order valence-corrected chi connectivity index (χ1v) is 7.70. The fraction of sp³-hybridized carbons (Fsp3) is 0.222. The van der Waals surface area contributed by atoms with Gasteiger partial charge in [0.25, 0.3) is 0 Å². The quantitative estimate of drug-likeness (QED) is 0.854. The third-order valence-corrected chi connectivity index (χ3v) is 6.87. The van der Waals surface area contributed by atoms with Crippen LogP contribution in [0.5, 0.6) is 0 Å². The number of carbonyl (C=O) groups is 1. The van der Waals surface area contributed by atoms with E-state index in [1.807, 2.05) is 16.2 Å². The summed E-state index contributed by atoms with van der Waals surface area (Å²) >= 11 is 6.39. The zero-order valence-corrected chi connectivity index (χ0v) is 11.5. The lowest BCUT2D eigenvalue weighted by Crippen LogP contribution is -2.22. The summed E-state index contributed by atoms with van der Waals surface area (Å²) in [5, 5.41) is 14.9. The SMILES string of the molecule is COC(C(=O)O)C1=CSC(=C2SC=CS2)S1. The van der Waals surface area contributed by atoms with Crippen molar-refractivity contribution in [2.45, 2.75) is 6.10 Å². The Labute approximate surface area is 110 Å². The van der Waals surface area contributed by atoms with E-state index in [1.165, 1.54) is 23.1 Å². The Morgan fingerprint density at radius 3 is 2.56 bits per heavy atom. The number of hydrogen-bond donors (Lipinski definition) is 1. The van der Waals surface area contributed by atoms with Gasteiger partial charge >= 0.3 is 5.97 Å². The fourth-order valence-corrected chi connectivity index (χ4v) is 5.68. The van der Waals surface area contributed by atoms with Crippen molar-refractivity contribution in [1.29, 1.82) is 0 Å². The van der Waals surface area contributed by atoms with Crippen LogP contribution in [-0.2, 0) is 9.53 Å². The molecule has 3 nitrogen and oxygen atoms in total.